The number of thiophene rings is 1. The summed E-state index contributed by atoms with van der Waals surface area (Å²) >= 11 is 2.90. The van der Waals surface area contributed by atoms with Crippen LogP contribution in [-0.4, -0.2) is 43.0 Å². The summed E-state index contributed by atoms with van der Waals surface area (Å²) < 4.78 is 14.7. The number of anilines is 1. The quantitative estimate of drug-likeness (QED) is 0.609. The molecule has 3 aromatic rings. The summed E-state index contributed by atoms with van der Waals surface area (Å²) in [4.78, 5) is 21.7. The van der Waals surface area contributed by atoms with Gasteiger partial charge in [0.25, 0.3) is 5.91 Å². The molecule has 0 aliphatic rings. The number of hydrogen-bond donors (Lipinski definition) is 0. The van der Waals surface area contributed by atoms with Crippen LogP contribution in [0, 0.1) is 5.82 Å². The maximum absolute atomic E-state index is 13.9. The number of amides is 1. The molecule has 130 valence electrons. The first kappa shape index (κ1) is 17.7. The standard InChI is InChI=1S/C18H18FN3OS2/c1-21(2)10-11-22(16(23)9-8-13-5-4-12-24-13)18-20-17-14(19)6-3-7-15(17)25-18/h3-9,12H,10-11H2,1-2H3. The second-order valence-electron chi connectivity index (χ2n) is 5.72. The molecule has 1 amide bonds. The summed E-state index contributed by atoms with van der Waals surface area (Å²) in [6.07, 6.45) is 3.34. The second-order valence-corrected chi connectivity index (χ2v) is 7.71. The third-order valence-corrected chi connectivity index (χ3v) is 5.44. The number of fused-ring (bicyclic) bond motifs is 1. The Kier molecular flexibility index (Phi) is 5.57. The third kappa shape index (κ3) is 4.31. The van der Waals surface area contributed by atoms with Crippen molar-refractivity contribution in [3.63, 3.8) is 0 Å². The number of likely N-dealkylation sites (N-methyl/N-ethyl adjacent to an activating group) is 1. The SMILES string of the molecule is CN(C)CCN(C(=O)C=Cc1cccs1)c1nc2c(F)cccc2s1. The van der Waals surface area contributed by atoms with Gasteiger partial charge in [0.15, 0.2) is 5.13 Å². The van der Waals surface area contributed by atoms with Gasteiger partial charge in [-0.1, -0.05) is 23.5 Å². The Bertz CT molecular complexity index is 887. The topological polar surface area (TPSA) is 36.4 Å². The molecule has 0 aliphatic heterocycles. The summed E-state index contributed by atoms with van der Waals surface area (Å²) in [5.74, 6) is -0.524. The van der Waals surface area contributed by atoms with E-state index in [-0.39, 0.29) is 11.7 Å². The predicted molar refractivity (Wildman–Crippen MR) is 104 cm³/mol. The lowest BCUT2D eigenvalue weighted by Gasteiger charge is -2.20. The fourth-order valence-electron chi connectivity index (χ4n) is 2.25. The Morgan fingerprint density at radius 1 is 1.24 bits per heavy atom. The van der Waals surface area contributed by atoms with Crippen molar-refractivity contribution >= 4 is 50.0 Å². The molecular weight excluding hydrogens is 357 g/mol. The lowest BCUT2D eigenvalue weighted by Crippen LogP contribution is -2.35. The first-order chi connectivity index (χ1) is 12.0. The van der Waals surface area contributed by atoms with E-state index in [4.69, 9.17) is 0 Å². The number of carbonyl (C=O) groups is 1. The van der Waals surface area contributed by atoms with Gasteiger partial charge in [0, 0.05) is 24.0 Å². The number of carbonyl (C=O) groups excluding carboxylic acids is 1. The Hall–Kier alpha value is -2.09. The highest BCUT2D eigenvalue weighted by Crippen LogP contribution is 2.30. The summed E-state index contributed by atoms with van der Waals surface area (Å²) in [5, 5.41) is 2.48. The molecule has 0 unspecified atom stereocenters. The largest absolute Gasteiger partial charge is 0.308 e. The number of aromatic nitrogens is 1. The molecule has 0 fully saturated rings. The zero-order chi connectivity index (χ0) is 17.8. The van der Waals surface area contributed by atoms with Crippen LogP contribution in [0.3, 0.4) is 0 Å². The Labute approximate surface area is 153 Å². The van der Waals surface area contributed by atoms with Crippen LogP contribution in [0.5, 0.6) is 0 Å². The molecule has 3 rings (SSSR count). The second kappa shape index (κ2) is 7.86. The van der Waals surface area contributed by atoms with E-state index in [0.29, 0.717) is 23.7 Å². The van der Waals surface area contributed by atoms with Crippen LogP contribution in [0.15, 0.2) is 41.8 Å². The zero-order valence-electron chi connectivity index (χ0n) is 14.0. The number of thiazole rings is 1. The van der Waals surface area contributed by atoms with Crippen LogP contribution < -0.4 is 4.90 Å². The first-order valence-electron chi connectivity index (χ1n) is 7.77. The molecule has 0 bridgehead atoms. The van der Waals surface area contributed by atoms with Crippen molar-refractivity contribution in [2.45, 2.75) is 0 Å². The van der Waals surface area contributed by atoms with E-state index in [1.165, 1.54) is 17.4 Å². The van der Waals surface area contributed by atoms with E-state index < -0.39 is 0 Å². The number of hydrogen-bond acceptors (Lipinski definition) is 5. The minimum Gasteiger partial charge on any atom is -0.308 e. The van der Waals surface area contributed by atoms with Gasteiger partial charge >= 0.3 is 0 Å². The van der Waals surface area contributed by atoms with Gasteiger partial charge < -0.3 is 4.90 Å². The van der Waals surface area contributed by atoms with E-state index in [2.05, 4.69) is 4.98 Å². The van der Waals surface area contributed by atoms with E-state index >= 15 is 0 Å². The first-order valence-corrected chi connectivity index (χ1v) is 9.47. The van der Waals surface area contributed by atoms with E-state index in [0.717, 1.165) is 9.58 Å². The average Bonchev–Trinajstić information content (AvgIpc) is 3.22. The smallest absolute Gasteiger partial charge is 0.252 e. The van der Waals surface area contributed by atoms with Crippen molar-refractivity contribution < 1.29 is 9.18 Å². The van der Waals surface area contributed by atoms with E-state index in [9.17, 15) is 9.18 Å². The van der Waals surface area contributed by atoms with Crippen molar-refractivity contribution in [2.24, 2.45) is 0 Å². The molecule has 0 N–H and O–H groups in total. The summed E-state index contributed by atoms with van der Waals surface area (Å²) in [5.41, 5.74) is 0.312. The van der Waals surface area contributed by atoms with Crippen molar-refractivity contribution in [1.82, 2.24) is 9.88 Å². The van der Waals surface area contributed by atoms with Crippen molar-refractivity contribution in [1.29, 1.82) is 0 Å². The number of nitrogens with zero attached hydrogens (tertiary/aromatic N) is 3. The van der Waals surface area contributed by atoms with E-state index in [1.54, 1.807) is 34.5 Å². The molecule has 2 heterocycles. The molecule has 0 spiro atoms. The highest BCUT2D eigenvalue weighted by Gasteiger charge is 2.19. The molecule has 2 aromatic heterocycles. The van der Waals surface area contributed by atoms with Crippen LogP contribution in [-0.2, 0) is 4.79 Å². The lowest BCUT2D eigenvalue weighted by molar-refractivity contribution is -0.114. The van der Waals surface area contributed by atoms with Crippen LogP contribution in [0.1, 0.15) is 4.88 Å². The van der Waals surface area contributed by atoms with Crippen molar-refractivity contribution in [3.8, 4) is 0 Å². The lowest BCUT2D eigenvalue weighted by atomic mass is 10.3. The third-order valence-electron chi connectivity index (χ3n) is 3.56. The number of rotatable bonds is 6. The van der Waals surface area contributed by atoms with Gasteiger partial charge in [0.1, 0.15) is 11.3 Å². The molecule has 0 radical (unpaired) electrons. The molecule has 0 saturated heterocycles. The van der Waals surface area contributed by atoms with E-state index in [1.807, 2.05) is 42.6 Å². The molecule has 0 aliphatic carbocycles. The maximum atomic E-state index is 13.9. The van der Waals surface area contributed by atoms with Gasteiger partial charge in [-0.15, -0.1) is 11.3 Å². The normalized spacial score (nSPS) is 11.7. The monoisotopic (exact) mass is 375 g/mol. The highest BCUT2D eigenvalue weighted by atomic mass is 32.1. The molecule has 0 atom stereocenters. The van der Waals surface area contributed by atoms with Crippen LogP contribution >= 0.6 is 22.7 Å². The summed E-state index contributed by atoms with van der Waals surface area (Å²) in [6, 6.07) is 8.74. The molecule has 4 nitrogen and oxygen atoms in total. The van der Waals surface area contributed by atoms with Gasteiger partial charge in [-0.05, 0) is 43.8 Å². The maximum Gasteiger partial charge on any atom is 0.252 e. The number of para-hydroxylation sites is 1. The van der Waals surface area contributed by atoms with Crippen molar-refractivity contribution in [3.05, 3.63) is 52.5 Å². The minimum absolute atomic E-state index is 0.158. The van der Waals surface area contributed by atoms with Gasteiger partial charge in [-0.25, -0.2) is 9.37 Å². The Balaban J connectivity index is 1.89. The number of benzene rings is 1. The van der Waals surface area contributed by atoms with Crippen LogP contribution in [0.4, 0.5) is 9.52 Å². The summed E-state index contributed by atoms with van der Waals surface area (Å²) in [6.45, 7) is 1.18. The highest BCUT2D eigenvalue weighted by molar-refractivity contribution is 7.22. The molecule has 0 saturated carbocycles. The predicted octanol–water partition coefficient (Wildman–Crippen LogP) is 4.10. The van der Waals surface area contributed by atoms with Crippen LogP contribution in [0.25, 0.3) is 16.3 Å². The number of halogens is 1. The minimum atomic E-state index is -0.367. The molecule has 1 aromatic carbocycles. The Morgan fingerprint density at radius 3 is 2.76 bits per heavy atom. The van der Waals surface area contributed by atoms with Gasteiger partial charge in [0.05, 0.1) is 4.70 Å². The van der Waals surface area contributed by atoms with Gasteiger partial charge in [-0.2, -0.15) is 0 Å². The fraction of sp³-hybridized carbons (Fsp3) is 0.222. The van der Waals surface area contributed by atoms with Crippen LogP contribution in [0.2, 0.25) is 0 Å². The molecular formula is C18H18FN3OS2. The fourth-order valence-corrected chi connectivity index (χ4v) is 3.88. The van der Waals surface area contributed by atoms with Gasteiger partial charge in [0.2, 0.25) is 0 Å². The Morgan fingerprint density at radius 2 is 2.08 bits per heavy atom. The molecule has 25 heavy (non-hydrogen) atoms. The van der Waals surface area contributed by atoms with Crippen molar-refractivity contribution in [2.75, 3.05) is 32.1 Å². The average molecular weight is 375 g/mol. The molecule has 7 heteroatoms. The summed E-state index contributed by atoms with van der Waals surface area (Å²) in [7, 11) is 3.89. The van der Waals surface area contributed by atoms with Gasteiger partial charge in [-0.3, -0.25) is 9.69 Å². The zero-order valence-corrected chi connectivity index (χ0v) is 15.6.